The first kappa shape index (κ1) is 18.9. The van der Waals surface area contributed by atoms with E-state index < -0.39 is 10.0 Å². The van der Waals surface area contributed by atoms with E-state index in [2.05, 4.69) is 4.72 Å². The molecule has 136 valence electrons. The molecule has 6 nitrogen and oxygen atoms in total. The third kappa shape index (κ3) is 5.03. The summed E-state index contributed by atoms with van der Waals surface area (Å²) in [6.07, 6.45) is 0. The van der Waals surface area contributed by atoms with E-state index >= 15 is 0 Å². The van der Waals surface area contributed by atoms with Gasteiger partial charge in [-0.25, -0.2) is 8.42 Å². The number of rotatable bonds is 9. The normalized spacial score (nSPS) is 11.0. The SMILES string of the molecule is CCOc1ccc(S(=O)(=O)Nc2ccc(OCC)c(OCC)c2)cc1. The molecule has 0 saturated carbocycles. The first-order valence-electron chi connectivity index (χ1n) is 8.15. The molecule has 0 bridgehead atoms. The van der Waals surface area contributed by atoms with Gasteiger partial charge in [-0.2, -0.15) is 0 Å². The van der Waals surface area contributed by atoms with Gasteiger partial charge in [0.2, 0.25) is 0 Å². The number of sulfonamides is 1. The molecule has 2 aromatic rings. The lowest BCUT2D eigenvalue weighted by Crippen LogP contribution is -2.13. The number of ether oxygens (including phenoxy) is 3. The van der Waals surface area contributed by atoms with E-state index in [1.807, 2.05) is 20.8 Å². The van der Waals surface area contributed by atoms with Crippen LogP contribution in [0.2, 0.25) is 0 Å². The first-order valence-corrected chi connectivity index (χ1v) is 9.63. The quantitative estimate of drug-likeness (QED) is 0.734. The Labute approximate surface area is 148 Å². The number of hydrogen-bond acceptors (Lipinski definition) is 5. The van der Waals surface area contributed by atoms with Gasteiger partial charge in [0.25, 0.3) is 10.0 Å². The summed E-state index contributed by atoms with van der Waals surface area (Å²) in [6.45, 7) is 7.07. The van der Waals surface area contributed by atoms with E-state index in [1.165, 1.54) is 12.1 Å². The van der Waals surface area contributed by atoms with E-state index in [-0.39, 0.29) is 4.90 Å². The van der Waals surface area contributed by atoms with Gasteiger partial charge in [-0.15, -0.1) is 0 Å². The zero-order valence-electron chi connectivity index (χ0n) is 14.6. The number of anilines is 1. The Morgan fingerprint density at radius 2 is 1.40 bits per heavy atom. The van der Waals surface area contributed by atoms with E-state index in [0.717, 1.165) is 0 Å². The summed E-state index contributed by atoms with van der Waals surface area (Å²) in [5.41, 5.74) is 0.404. The molecule has 2 rings (SSSR count). The van der Waals surface area contributed by atoms with Crippen LogP contribution in [0.1, 0.15) is 20.8 Å². The van der Waals surface area contributed by atoms with Crippen molar-refractivity contribution in [2.45, 2.75) is 25.7 Å². The molecule has 0 spiro atoms. The predicted octanol–water partition coefficient (Wildman–Crippen LogP) is 3.68. The maximum atomic E-state index is 12.5. The van der Waals surface area contributed by atoms with Crippen molar-refractivity contribution in [3.05, 3.63) is 42.5 Å². The third-order valence-corrected chi connectivity index (χ3v) is 4.64. The smallest absolute Gasteiger partial charge is 0.261 e. The summed E-state index contributed by atoms with van der Waals surface area (Å²) in [5.74, 6) is 1.70. The molecule has 0 aliphatic rings. The first-order chi connectivity index (χ1) is 12.0. The third-order valence-electron chi connectivity index (χ3n) is 3.24. The van der Waals surface area contributed by atoms with Crippen molar-refractivity contribution >= 4 is 15.7 Å². The van der Waals surface area contributed by atoms with Crippen LogP contribution >= 0.6 is 0 Å². The van der Waals surface area contributed by atoms with Gasteiger partial charge in [-0.3, -0.25) is 4.72 Å². The molecular formula is C18H23NO5S. The Morgan fingerprint density at radius 3 is 2.00 bits per heavy atom. The fourth-order valence-electron chi connectivity index (χ4n) is 2.21. The minimum atomic E-state index is -3.70. The van der Waals surface area contributed by atoms with Gasteiger partial charge in [0.1, 0.15) is 5.75 Å². The van der Waals surface area contributed by atoms with Crippen molar-refractivity contribution in [1.29, 1.82) is 0 Å². The lowest BCUT2D eigenvalue weighted by Gasteiger charge is -2.14. The number of benzene rings is 2. The van der Waals surface area contributed by atoms with E-state index in [4.69, 9.17) is 14.2 Å². The molecule has 0 saturated heterocycles. The van der Waals surface area contributed by atoms with Crippen LogP contribution in [0, 0.1) is 0 Å². The summed E-state index contributed by atoms with van der Waals surface area (Å²) >= 11 is 0. The second-order valence-electron chi connectivity index (χ2n) is 5.04. The molecule has 1 N–H and O–H groups in total. The molecule has 0 aliphatic carbocycles. The highest BCUT2D eigenvalue weighted by molar-refractivity contribution is 7.92. The largest absolute Gasteiger partial charge is 0.494 e. The summed E-state index contributed by atoms with van der Waals surface area (Å²) < 4.78 is 43.9. The highest BCUT2D eigenvalue weighted by Crippen LogP contribution is 2.31. The van der Waals surface area contributed by atoms with E-state index in [0.29, 0.717) is 42.8 Å². The highest BCUT2D eigenvalue weighted by Gasteiger charge is 2.16. The molecule has 0 aromatic heterocycles. The Kier molecular flexibility index (Phi) is 6.52. The van der Waals surface area contributed by atoms with Crippen LogP contribution < -0.4 is 18.9 Å². The van der Waals surface area contributed by atoms with Crippen LogP contribution in [0.3, 0.4) is 0 Å². The summed E-state index contributed by atoms with van der Waals surface area (Å²) in [7, 11) is -3.70. The fraction of sp³-hybridized carbons (Fsp3) is 0.333. The lowest BCUT2D eigenvalue weighted by atomic mass is 10.3. The van der Waals surface area contributed by atoms with Crippen LogP contribution in [0.15, 0.2) is 47.4 Å². The topological polar surface area (TPSA) is 73.9 Å². The van der Waals surface area contributed by atoms with Crippen LogP contribution in [0.25, 0.3) is 0 Å². The van der Waals surface area contributed by atoms with Crippen molar-refractivity contribution in [1.82, 2.24) is 0 Å². The average molecular weight is 365 g/mol. The standard InChI is InChI=1S/C18H23NO5S/c1-4-22-15-8-10-16(11-9-15)25(20,21)19-14-7-12-17(23-5-2)18(13-14)24-6-3/h7-13,19H,4-6H2,1-3H3. The molecule has 0 heterocycles. The second kappa shape index (κ2) is 8.62. The van der Waals surface area contributed by atoms with Crippen molar-refractivity contribution in [2.24, 2.45) is 0 Å². The monoisotopic (exact) mass is 365 g/mol. The van der Waals surface area contributed by atoms with Gasteiger partial charge in [0.05, 0.1) is 30.4 Å². The Bertz CT molecular complexity index is 788. The molecule has 25 heavy (non-hydrogen) atoms. The van der Waals surface area contributed by atoms with Crippen molar-refractivity contribution < 1.29 is 22.6 Å². The van der Waals surface area contributed by atoms with Crippen molar-refractivity contribution in [2.75, 3.05) is 24.5 Å². The van der Waals surface area contributed by atoms with Crippen LogP contribution in [-0.2, 0) is 10.0 Å². The number of hydrogen-bond donors (Lipinski definition) is 1. The number of nitrogens with one attached hydrogen (secondary N) is 1. The fourth-order valence-corrected chi connectivity index (χ4v) is 3.26. The van der Waals surface area contributed by atoms with Gasteiger partial charge in [-0.1, -0.05) is 0 Å². The Balaban J connectivity index is 2.23. The van der Waals surface area contributed by atoms with Gasteiger partial charge < -0.3 is 14.2 Å². The van der Waals surface area contributed by atoms with Gasteiger partial charge >= 0.3 is 0 Å². The Hall–Kier alpha value is -2.41. The van der Waals surface area contributed by atoms with Crippen LogP contribution in [0.5, 0.6) is 17.2 Å². The maximum absolute atomic E-state index is 12.5. The molecule has 0 atom stereocenters. The lowest BCUT2D eigenvalue weighted by molar-refractivity contribution is 0.288. The summed E-state index contributed by atoms with van der Waals surface area (Å²) in [5, 5.41) is 0. The van der Waals surface area contributed by atoms with Crippen molar-refractivity contribution in [3.8, 4) is 17.2 Å². The molecule has 0 fully saturated rings. The highest BCUT2D eigenvalue weighted by atomic mass is 32.2. The van der Waals surface area contributed by atoms with E-state index in [9.17, 15) is 8.42 Å². The molecule has 7 heteroatoms. The van der Waals surface area contributed by atoms with Gasteiger partial charge in [0.15, 0.2) is 11.5 Å². The molecule has 0 unspecified atom stereocenters. The molecular weight excluding hydrogens is 342 g/mol. The predicted molar refractivity (Wildman–Crippen MR) is 97.2 cm³/mol. The minimum Gasteiger partial charge on any atom is -0.494 e. The molecule has 0 aliphatic heterocycles. The van der Waals surface area contributed by atoms with Crippen LogP contribution in [-0.4, -0.2) is 28.2 Å². The second-order valence-corrected chi connectivity index (χ2v) is 6.72. The van der Waals surface area contributed by atoms with Gasteiger partial charge in [-0.05, 0) is 57.2 Å². The van der Waals surface area contributed by atoms with E-state index in [1.54, 1.807) is 30.3 Å². The molecule has 2 aromatic carbocycles. The zero-order valence-corrected chi connectivity index (χ0v) is 15.4. The molecule has 0 radical (unpaired) electrons. The minimum absolute atomic E-state index is 0.155. The van der Waals surface area contributed by atoms with Gasteiger partial charge in [0, 0.05) is 6.07 Å². The van der Waals surface area contributed by atoms with Crippen LogP contribution in [0.4, 0.5) is 5.69 Å². The summed E-state index contributed by atoms with van der Waals surface area (Å²) in [6, 6.07) is 11.2. The van der Waals surface area contributed by atoms with Crippen molar-refractivity contribution in [3.63, 3.8) is 0 Å². The average Bonchev–Trinajstić information content (AvgIpc) is 2.58. The molecule has 0 amide bonds. The zero-order chi connectivity index (χ0) is 18.3. The maximum Gasteiger partial charge on any atom is 0.261 e. The Morgan fingerprint density at radius 1 is 0.800 bits per heavy atom. The summed E-state index contributed by atoms with van der Waals surface area (Å²) in [4.78, 5) is 0.155.